The van der Waals surface area contributed by atoms with Crippen LogP contribution in [0, 0.1) is 0 Å². The molecule has 0 bridgehead atoms. The van der Waals surface area contributed by atoms with Gasteiger partial charge >= 0.3 is 13.3 Å². The molecule has 4 N–H and O–H groups in total. The summed E-state index contributed by atoms with van der Waals surface area (Å²) in [6.45, 7) is 0. The summed E-state index contributed by atoms with van der Waals surface area (Å²) in [5.74, 6) is 0. The van der Waals surface area contributed by atoms with Crippen LogP contribution in [-0.2, 0) is 0 Å². The van der Waals surface area contributed by atoms with Gasteiger partial charge in [-0.2, -0.15) is 0 Å². The summed E-state index contributed by atoms with van der Waals surface area (Å²) in [5, 5.41) is 7.53. The third kappa shape index (κ3) is 4.68. The number of para-hydroxylation sites is 1. The molecule has 1 aromatic carbocycles. The molecule has 11 heteroatoms. The zero-order valence-corrected chi connectivity index (χ0v) is 8.80. The van der Waals surface area contributed by atoms with E-state index in [2.05, 4.69) is 10.3 Å². The molecular weight excluding hydrogens is 257 g/mol. The highest BCUT2D eigenvalue weighted by molar-refractivity contribution is 6.50. The van der Waals surface area contributed by atoms with Gasteiger partial charge in [-0.3, -0.25) is 11.5 Å². The minimum Gasteiger partial charge on any atom is -0.418 e. The zero-order valence-electron chi connectivity index (χ0n) is 8.80. The SMILES string of the molecule is F[B-](F)(F)F.NC(N)=[O+]n1nnc2ccccc21. The molecule has 0 saturated carbocycles. The minimum absolute atomic E-state index is 0.171. The summed E-state index contributed by atoms with van der Waals surface area (Å²) in [6, 6.07) is 7.15. The highest BCUT2D eigenvalue weighted by atomic mass is 19.5. The molecule has 6 nitrogen and oxygen atoms in total. The maximum absolute atomic E-state index is 9.75. The Hall–Kier alpha value is -2.33. The first-order valence-electron chi connectivity index (χ1n) is 4.51. The molecule has 18 heavy (non-hydrogen) atoms. The summed E-state index contributed by atoms with van der Waals surface area (Å²) in [4.78, 5) is 1.17. The van der Waals surface area contributed by atoms with Crippen LogP contribution in [0.1, 0.15) is 0 Å². The van der Waals surface area contributed by atoms with Crippen LogP contribution in [0.5, 0.6) is 0 Å². The van der Waals surface area contributed by atoms with Gasteiger partial charge in [0.25, 0.3) is 0 Å². The average molecular weight is 265 g/mol. The summed E-state index contributed by atoms with van der Waals surface area (Å²) in [5.41, 5.74) is 11.8. The van der Waals surface area contributed by atoms with Gasteiger partial charge in [0.15, 0.2) is 5.52 Å². The number of hydrogen-bond donors (Lipinski definition) is 2. The summed E-state index contributed by atoms with van der Waals surface area (Å²) in [6.07, 6.45) is 0. The van der Waals surface area contributed by atoms with Crippen molar-refractivity contribution in [1.82, 2.24) is 15.2 Å². The van der Waals surface area contributed by atoms with Crippen LogP contribution in [-0.4, -0.2) is 28.4 Å². The molecule has 2 amide bonds. The maximum Gasteiger partial charge on any atom is 0.673 e. The van der Waals surface area contributed by atoms with Gasteiger partial charge in [0.2, 0.25) is 0 Å². The van der Waals surface area contributed by atoms with Crippen molar-refractivity contribution in [1.29, 1.82) is 0 Å². The number of fused-ring (bicyclic) bond motifs is 1. The van der Waals surface area contributed by atoms with Gasteiger partial charge in [0.05, 0.1) is 0 Å². The van der Waals surface area contributed by atoms with E-state index in [9.17, 15) is 17.3 Å². The fraction of sp³-hybridized carbons (Fsp3) is 0. The molecule has 1 heterocycles. The predicted molar refractivity (Wildman–Crippen MR) is 56.9 cm³/mol. The van der Waals surface area contributed by atoms with E-state index in [1.807, 2.05) is 18.2 Å². The molecule has 2 aromatic rings. The van der Waals surface area contributed by atoms with E-state index in [1.165, 1.54) is 4.85 Å². The first-order valence-corrected chi connectivity index (χ1v) is 4.51. The minimum atomic E-state index is -6.00. The van der Waals surface area contributed by atoms with Crippen LogP contribution in [0.2, 0.25) is 0 Å². The second-order valence-corrected chi connectivity index (χ2v) is 2.94. The standard InChI is InChI=1S/C7H8N5O.BF4/c8-7(9)13-12-6-4-2-1-3-5(6)10-11-12;2-1(3,4)5/h1-4H,8-9H2;/q+1;-1. The average Bonchev–Trinajstić information content (AvgIpc) is 2.59. The Labute approximate surface area is 97.9 Å². The molecule has 0 aliphatic rings. The van der Waals surface area contributed by atoms with E-state index in [4.69, 9.17) is 16.0 Å². The lowest BCUT2D eigenvalue weighted by molar-refractivity contribution is -0.230. The van der Waals surface area contributed by atoms with E-state index in [0.717, 1.165) is 11.0 Å². The fourth-order valence-corrected chi connectivity index (χ4v) is 1.01. The smallest absolute Gasteiger partial charge is 0.418 e. The quantitative estimate of drug-likeness (QED) is 0.458. The molecule has 0 saturated heterocycles. The second-order valence-electron chi connectivity index (χ2n) is 2.94. The maximum atomic E-state index is 9.75. The number of hydrogen-bond acceptors (Lipinski definition) is 2. The number of rotatable bonds is 1. The number of halogens is 4. The number of aromatic nitrogens is 3. The largest absolute Gasteiger partial charge is 0.673 e. The van der Waals surface area contributed by atoms with Crippen molar-refractivity contribution in [2.75, 3.05) is 0 Å². The van der Waals surface area contributed by atoms with Gasteiger partial charge in [-0.1, -0.05) is 12.1 Å². The predicted octanol–water partition coefficient (Wildman–Crippen LogP) is 1.07. The second kappa shape index (κ2) is 5.34. The Kier molecular flexibility index (Phi) is 4.07. The summed E-state index contributed by atoms with van der Waals surface area (Å²) < 4.78 is 43.9. The van der Waals surface area contributed by atoms with E-state index in [0.29, 0.717) is 0 Å². The normalized spacial score (nSPS) is 10.7. The van der Waals surface area contributed by atoms with Crippen LogP contribution in [0.15, 0.2) is 24.3 Å². The van der Waals surface area contributed by atoms with Gasteiger partial charge in [-0.15, -0.1) is 5.10 Å². The number of carbonyl (C=O) groups excluding carboxylic acids is 1. The first kappa shape index (κ1) is 13.7. The third-order valence-corrected chi connectivity index (χ3v) is 1.51. The van der Waals surface area contributed by atoms with Crippen molar-refractivity contribution in [3.8, 4) is 0 Å². The van der Waals surface area contributed by atoms with Gasteiger partial charge < -0.3 is 17.3 Å². The summed E-state index contributed by atoms with van der Waals surface area (Å²) >= 11 is 0. The molecule has 0 spiro atoms. The number of amides is 2. The Morgan fingerprint density at radius 1 is 1.17 bits per heavy atom. The molecule has 0 aliphatic carbocycles. The third-order valence-electron chi connectivity index (χ3n) is 1.51. The van der Waals surface area contributed by atoms with Gasteiger partial charge in [0, 0.05) is 5.21 Å². The highest BCUT2D eigenvalue weighted by Gasteiger charge is 2.20. The Bertz CT molecular complexity index is 544. The van der Waals surface area contributed by atoms with Crippen molar-refractivity contribution in [3.05, 3.63) is 24.3 Å². The van der Waals surface area contributed by atoms with Gasteiger partial charge in [0.1, 0.15) is 10.4 Å². The van der Waals surface area contributed by atoms with E-state index < -0.39 is 7.25 Å². The van der Waals surface area contributed by atoms with Crippen molar-refractivity contribution in [2.45, 2.75) is 0 Å². The lowest BCUT2D eigenvalue weighted by Gasteiger charge is -1.94. The molecule has 0 aliphatic heterocycles. The molecule has 2 rings (SSSR count). The van der Waals surface area contributed by atoms with Crippen molar-refractivity contribution in [3.63, 3.8) is 0 Å². The number of primary amides is 2. The number of urea groups is 1. The Morgan fingerprint density at radius 2 is 1.72 bits per heavy atom. The molecule has 0 unspecified atom stereocenters. The lowest BCUT2D eigenvalue weighted by atomic mass is 10.3. The van der Waals surface area contributed by atoms with Crippen LogP contribution < -0.4 is 11.5 Å². The first-order chi connectivity index (χ1) is 8.27. The zero-order chi connectivity index (χ0) is 13.8. The topological polar surface area (TPSA) is 94.1 Å². The molecule has 98 valence electrons. The molecule has 0 atom stereocenters. The van der Waals surface area contributed by atoms with Crippen molar-refractivity contribution < 1.29 is 21.8 Å². The lowest BCUT2D eigenvalue weighted by Crippen LogP contribution is -2.22. The Morgan fingerprint density at radius 3 is 2.28 bits per heavy atom. The van der Waals surface area contributed by atoms with Crippen LogP contribution >= 0.6 is 0 Å². The molecular formula is C7H8BF4N5O. The van der Waals surface area contributed by atoms with Gasteiger partial charge in [-0.25, -0.2) is 0 Å². The van der Waals surface area contributed by atoms with Crippen LogP contribution in [0.4, 0.5) is 21.8 Å². The number of nitrogens with two attached hydrogens (primary N) is 2. The molecule has 0 fully saturated rings. The Balaban J connectivity index is 0.000000280. The summed E-state index contributed by atoms with van der Waals surface area (Å²) in [7, 11) is -6.00. The number of benzene rings is 1. The van der Waals surface area contributed by atoms with E-state index in [-0.39, 0.29) is 6.03 Å². The van der Waals surface area contributed by atoms with Crippen molar-refractivity contribution in [2.24, 2.45) is 11.5 Å². The highest BCUT2D eigenvalue weighted by Crippen LogP contribution is 2.10. The number of nitrogens with zero attached hydrogens (tertiary/aromatic N) is 3. The van der Waals surface area contributed by atoms with E-state index >= 15 is 0 Å². The molecule has 1 aromatic heterocycles. The monoisotopic (exact) mass is 265 g/mol. The van der Waals surface area contributed by atoms with Crippen LogP contribution in [0.3, 0.4) is 0 Å². The fourth-order valence-electron chi connectivity index (χ4n) is 1.01. The van der Waals surface area contributed by atoms with Gasteiger partial charge in [-0.05, 0) is 16.7 Å². The molecule has 0 radical (unpaired) electrons. The van der Waals surface area contributed by atoms with Crippen LogP contribution in [0.25, 0.3) is 11.0 Å². The van der Waals surface area contributed by atoms with Crippen molar-refractivity contribution >= 4 is 24.3 Å². The van der Waals surface area contributed by atoms with E-state index in [1.54, 1.807) is 6.07 Å².